The minimum atomic E-state index is -0.467. The van der Waals surface area contributed by atoms with Gasteiger partial charge in [-0.2, -0.15) is 0 Å². The summed E-state index contributed by atoms with van der Waals surface area (Å²) in [6.07, 6.45) is 0. The first-order chi connectivity index (χ1) is 12.7. The lowest BCUT2D eigenvalue weighted by Crippen LogP contribution is -2.45. The van der Waals surface area contributed by atoms with Crippen molar-refractivity contribution in [2.45, 2.75) is 19.5 Å². The fraction of sp³-hybridized carbons (Fsp3) is 0.474. The number of likely N-dealkylation sites (N-methyl/N-ethyl adjacent to an activating group) is 1. The standard InChI is InChI=1S/C19H26N4O3/c1-2-22-8-10-23(11-9-22)13-16-12-17(21-26-16)19(25)20-18(14-24)15-6-4-3-5-7-15/h3-7,12,18,24H,2,8-11,13-14H2,1H3,(H,20,25)/t18-/m1/s1. The number of rotatable bonds is 7. The molecule has 1 aliphatic rings. The van der Waals surface area contributed by atoms with Gasteiger partial charge in [-0.25, -0.2) is 0 Å². The Morgan fingerprint density at radius 2 is 1.92 bits per heavy atom. The van der Waals surface area contributed by atoms with Crippen LogP contribution in [0.4, 0.5) is 0 Å². The van der Waals surface area contributed by atoms with Crippen molar-refractivity contribution in [3.63, 3.8) is 0 Å². The molecule has 0 bridgehead atoms. The maximum atomic E-state index is 12.4. The molecular weight excluding hydrogens is 332 g/mol. The van der Waals surface area contributed by atoms with E-state index >= 15 is 0 Å². The second-order valence-electron chi connectivity index (χ2n) is 6.51. The van der Waals surface area contributed by atoms with Gasteiger partial charge in [0.1, 0.15) is 0 Å². The molecule has 1 fully saturated rings. The number of amides is 1. The fourth-order valence-corrected chi connectivity index (χ4v) is 3.13. The third-order valence-corrected chi connectivity index (χ3v) is 4.77. The van der Waals surface area contributed by atoms with Gasteiger partial charge >= 0.3 is 0 Å². The molecule has 1 aromatic carbocycles. The van der Waals surface area contributed by atoms with Crippen molar-refractivity contribution >= 4 is 5.91 Å². The molecular formula is C19H26N4O3. The molecule has 1 saturated heterocycles. The van der Waals surface area contributed by atoms with Crippen LogP contribution in [0.15, 0.2) is 40.9 Å². The molecule has 26 heavy (non-hydrogen) atoms. The zero-order chi connectivity index (χ0) is 18.4. The van der Waals surface area contributed by atoms with E-state index in [1.54, 1.807) is 6.07 Å². The second kappa shape index (κ2) is 8.93. The third kappa shape index (κ3) is 4.69. The molecule has 2 heterocycles. The van der Waals surface area contributed by atoms with Crippen molar-refractivity contribution in [1.29, 1.82) is 0 Å². The summed E-state index contributed by atoms with van der Waals surface area (Å²) in [7, 11) is 0. The zero-order valence-electron chi connectivity index (χ0n) is 15.1. The molecule has 2 N–H and O–H groups in total. The van der Waals surface area contributed by atoms with E-state index in [4.69, 9.17) is 4.52 Å². The molecule has 0 radical (unpaired) electrons. The topological polar surface area (TPSA) is 81.8 Å². The van der Waals surface area contributed by atoms with Crippen LogP contribution in [0.1, 0.15) is 34.8 Å². The van der Waals surface area contributed by atoms with Gasteiger partial charge in [0.15, 0.2) is 11.5 Å². The first kappa shape index (κ1) is 18.6. The molecule has 3 rings (SSSR count). The predicted octanol–water partition coefficient (Wildman–Crippen LogP) is 1.28. The normalized spacial score (nSPS) is 17.2. The van der Waals surface area contributed by atoms with E-state index in [0.717, 1.165) is 38.3 Å². The maximum Gasteiger partial charge on any atom is 0.274 e. The Morgan fingerprint density at radius 1 is 1.23 bits per heavy atom. The number of nitrogens with one attached hydrogen (secondary N) is 1. The van der Waals surface area contributed by atoms with Gasteiger partial charge in [-0.1, -0.05) is 42.4 Å². The smallest absolute Gasteiger partial charge is 0.274 e. The van der Waals surface area contributed by atoms with Crippen LogP contribution in [0, 0.1) is 0 Å². The van der Waals surface area contributed by atoms with Crippen molar-refractivity contribution in [2.24, 2.45) is 0 Å². The SMILES string of the molecule is CCN1CCN(Cc2cc(C(=O)N[C@H](CO)c3ccccc3)no2)CC1. The summed E-state index contributed by atoms with van der Waals surface area (Å²) >= 11 is 0. The number of aromatic nitrogens is 1. The molecule has 0 aliphatic carbocycles. The number of nitrogens with zero attached hydrogens (tertiary/aromatic N) is 3. The molecule has 7 nitrogen and oxygen atoms in total. The van der Waals surface area contributed by atoms with Crippen LogP contribution in [0.5, 0.6) is 0 Å². The van der Waals surface area contributed by atoms with Crippen molar-refractivity contribution < 1.29 is 14.4 Å². The summed E-state index contributed by atoms with van der Waals surface area (Å²) in [5.41, 5.74) is 1.09. The largest absolute Gasteiger partial charge is 0.394 e. The first-order valence-electron chi connectivity index (χ1n) is 9.06. The van der Waals surface area contributed by atoms with Crippen molar-refractivity contribution in [3.05, 3.63) is 53.4 Å². The van der Waals surface area contributed by atoms with Gasteiger partial charge in [0.25, 0.3) is 5.91 Å². The van der Waals surface area contributed by atoms with Crippen LogP contribution in [0.2, 0.25) is 0 Å². The number of hydrogen-bond acceptors (Lipinski definition) is 6. The van der Waals surface area contributed by atoms with Crippen molar-refractivity contribution in [1.82, 2.24) is 20.3 Å². The monoisotopic (exact) mass is 358 g/mol. The molecule has 7 heteroatoms. The molecule has 1 aromatic heterocycles. The van der Waals surface area contributed by atoms with E-state index in [9.17, 15) is 9.90 Å². The molecule has 0 unspecified atom stereocenters. The van der Waals surface area contributed by atoms with Gasteiger partial charge in [-0.3, -0.25) is 9.69 Å². The second-order valence-corrected chi connectivity index (χ2v) is 6.51. The van der Waals surface area contributed by atoms with Gasteiger partial charge in [0.2, 0.25) is 0 Å². The highest BCUT2D eigenvalue weighted by Crippen LogP contribution is 2.14. The van der Waals surface area contributed by atoms with Gasteiger partial charge in [0, 0.05) is 32.2 Å². The van der Waals surface area contributed by atoms with Gasteiger partial charge in [-0.05, 0) is 12.1 Å². The summed E-state index contributed by atoms with van der Waals surface area (Å²) in [5, 5.41) is 16.3. The Bertz CT molecular complexity index is 696. The molecule has 1 atom stereocenters. The number of carbonyl (C=O) groups excluding carboxylic acids is 1. The summed E-state index contributed by atoms with van der Waals surface area (Å²) in [5.74, 6) is 0.332. The number of aliphatic hydroxyl groups excluding tert-OH is 1. The van der Waals surface area contributed by atoms with E-state index in [-0.39, 0.29) is 18.2 Å². The molecule has 0 spiro atoms. The first-order valence-corrected chi connectivity index (χ1v) is 9.06. The van der Waals surface area contributed by atoms with E-state index in [1.807, 2.05) is 30.3 Å². The lowest BCUT2D eigenvalue weighted by Gasteiger charge is -2.33. The highest BCUT2D eigenvalue weighted by molar-refractivity contribution is 5.92. The van der Waals surface area contributed by atoms with E-state index in [1.165, 1.54) is 0 Å². The molecule has 1 aliphatic heterocycles. The average molecular weight is 358 g/mol. The fourth-order valence-electron chi connectivity index (χ4n) is 3.13. The predicted molar refractivity (Wildman–Crippen MR) is 97.6 cm³/mol. The minimum Gasteiger partial charge on any atom is -0.394 e. The van der Waals surface area contributed by atoms with Crippen LogP contribution in [0.3, 0.4) is 0 Å². The number of aliphatic hydroxyl groups is 1. The number of piperazine rings is 1. The molecule has 0 saturated carbocycles. The lowest BCUT2D eigenvalue weighted by atomic mass is 10.1. The minimum absolute atomic E-state index is 0.178. The summed E-state index contributed by atoms with van der Waals surface area (Å²) in [6, 6.07) is 10.6. The number of carbonyl (C=O) groups is 1. The van der Waals surface area contributed by atoms with E-state index < -0.39 is 6.04 Å². The third-order valence-electron chi connectivity index (χ3n) is 4.77. The Morgan fingerprint density at radius 3 is 2.58 bits per heavy atom. The Kier molecular flexibility index (Phi) is 6.38. The van der Waals surface area contributed by atoms with Gasteiger partial charge < -0.3 is 19.8 Å². The summed E-state index contributed by atoms with van der Waals surface area (Å²) in [4.78, 5) is 17.1. The van der Waals surface area contributed by atoms with Crippen LogP contribution in [-0.4, -0.2) is 65.3 Å². The highest BCUT2D eigenvalue weighted by atomic mass is 16.5. The van der Waals surface area contributed by atoms with E-state index in [2.05, 4.69) is 27.2 Å². The van der Waals surface area contributed by atoms with Crippen LogP contribution < -0.4 is 5.32 Å². The summed E-state index contributed by atoms with van der Waals surface area (Å²) < 4.78 is 5.33. The Labute approximate surface area is 153 Å². The molecule has 140 valence electrons. The van der Waals surface area contributed by atoms with Crippen molar-refractivity contribution in [2.75, 3.05) is 39.3 Å². The van der Waals surface area contributed by atoms with E-state index in [0.29, 0.717) is 12.3 Å². The van der Waals surface area contributed by atoms with Crippen LogP contribution in [0.25, 0.3) is 0 Å². The zero-order valence-corrected chi connectivity index (χ0v) is 15.1. The lowest BCUT2D eigenvalue weighted by molar-refractivity contribution is 0.0906. The maximum absolute atomic E-state index is 12.4. The van der Waals surface area contributed by atoms with Crippen LogP contribution >= 0.6 is 0 Å². The van der Waals surface area contributed by atoms with Gasteiger partial charge in [0.05, 0.1) is 19.2 Å². The Balaban J connectivity index is 1.56. The number of hydrogen-bond donors (Lipinski definition) is 2. The highest BCUT2D eigenvalue weighted by Gasteiger charge is 2.20. The quantitative estimate of drug-likeness (QED) is 0.776. The number of benzene rings is 1. The Hall–Kier alpha value is -2.22. The van der Waals surface area contributed by atoms with Gasteiger partial charge in [-0.15, -0.1) is 0 Å². The summed E-state index contributed by atoms with van der Waals surface area (Å²) in [6.45, 7) is 7.79. The average Bonchev–Trinajstić information content (AvgIpc) is 3.16. The molecule has 1 amide bonds. The van der Waals surface area contributed by atoms with Crippen molar-refractivity contribution in [3.8, 4) is 0 Å². The molecule has 2 aromatic rings. The van der Waals surface area contributed by atoms with Crippen LogP contribution in [-0.2, 0) is 6.54 Å².